The number of hydrogen-bond donors (Lipinski definition) is 1. The minimum Gasteiger partial charge on any atom is -0.395 e. The quantitative estimate of drug-likeness (QED) is 0.846. The average molecular weight is 331 g/mol. The molecule has 128 valence electrons. The zero-order valence-corrected chi connectivity index (χ0v) is 13.7. The van der Waals surface area contributed by atoms with Crippen molar-refractivity contribution in [3.63, 3.8) is 0 Å². The lowest BCUT2D eigenvalue weighted by atomic mass is 10.1. The first-order valence-corrected chi connectivity index (χ1v) is 8.30. The molecule has 1 aliphatic rings. The van der Waals surface area contributed by atoms with E-state index < -0.39 is 0 Å². The fraction of sp³-hybridized carbons (Fsp3) is 0.444. The molecule has 1 saturated carbocycles. The highest BCUT2D eigenvalue weighted by Gasteiger charge is 2.46. The Bertz CT molecular complexity index is 716. The predicted octanol–water partition coefficient (Wildman–Crippen LogP) is 2.17. The van der Waals surface area contributed by atoms with Crippen LogP contribution in [0.25, 0.3) is 0 Å². The molecule has 1 amide bonds. The van der Waals surface area contributed by atoms with E-state index in [1.807, 2.05) is 17.7 Å². The molecule has 3 rings (SSSR count). The number of nitrogens with zero attached hydrogens (tertiary/aromatic N) is 3. The third-order valence-electron chi connectivity index (χ3n) is 4.55. The minimum atomic E-state index is -0.254. The maximum Gasteiger partial charge on any atom is 0.226 e. The van der Waals surface area contributed by atoms with Crippen molar-refractivity contribution in [3.05, 3.63) is 53.6 Å². The summed E-state index contributed by atoms with van der Waals surface area (Å²) < 4.78 is 15.7. The van der Waals surface area contributed by atoms with Crippen molar-refractivity contribution in [3.8, 4) is 0 Å². The number of carbonyl (C=O) groups excluding carboxylic acids is 1. The van der Waals surface area contributed by atoms with Gasteiger partial charge in [-0.2, -0.15) is 5.10 Å². The molecule has 2 aromatic rings. The van der Waals surface area contributed by atoms with Crippen LogP contribution in [0, 0.1) is 11.7 Å². The van der Waals surface area contributed by atoms with Gasteiger partial charge in [-0.05, 0) is 37.0 Å². The zero-order chi connectivity index (χ0) is 17.1. The van der Waals surface area contributed by atoms with Crippen molar-refractivity contribution < 1.29 is 14.3 Å². The number of aromatic nitrogens is 2. The minimum absolute atomic E-state index is 0.0267. The number of carbonyl (C=O) groups is 1. The predicted molar refractivity (Wildman–Crippen MR) is 87.7 cm³/mol. The fourth-order valence-corrected chi connectivity index (χ4v) is 3.18. The number of hydrogen-bond acceptors (Lipinski definition) is 3. The highest BCUT2D eigenvalue weighted by Crippen LogP contribution is 2.49. The molecule has 1 aromatic heterocycles. The topological polar surface area (TPSA) is 58.4 Å². The van der Waals surface area contributed by atoms with Crippen LogP contribution in [0.15, 0.2) is 36.5 Å². The number of amides is 1. The van der Waals surface area contributed by atoms with Crippen LogP contribution in [0.2, 0.25) is 0 Å². The lowest BCUT2D eigenvalue weighted by Crippen LogP contribution is -2.35. The summed E-state index contributed by atoms with van der Waals surface area (Å²) in [6, 6.07) is 8.50. The van der Waals surface area contributed by atoms with Gasteiger partial charge in [-0.25, -0.2) is 4.39 Å². The molecule has 1 fully saturated rings. The summed E-state index contributed by atoms with van der Waals surface area (Å²) in [5.41, 5.74) is 1.54. The highest BCUT2D eigenvalue weighted by molar-refractivity contribution is 5.83. The molecule has 0 spiro atoms. The summed E-state index contributed by atoms with van der Waals surface area (Å²) in [6.07, 6.45) is 2.37. The van der Waals surface area contributed by atoms with Crippen LogP contribution < -0.4 is 0 Å². The van der Waals surface area contributed by atoms with Gasteiger partial charge in [0, 0.05) is 25.2 Å². The molecule has 1 heterocycles. The number of benzene rings is 1. The van der Waals surface area contributed by atoms with Crippen LogP contribution in [-0.4, -0.2) is 38.8 Å². The van der Waals surface area contributed by atoms with E-state index in [9.17, 15) is 14.3 Å². The van der Waals surface area contributed by atoms with E-state index in [1.54, 1.807) is 29.3 Å². The second kappa shape index (κ2) is 7.13. The van der Waals surface area contributed by atoms with Gasteiger partial charge in [0.2, 0.25) is 5.91 Å². The second-order valence-electron chi connectivity index (χ2n) is 6.09. The van der Waals surface area contributed by atoms with Crippen molar-refractivity contribution in [2.45, 2.75) is 32.4 Å². The Kier molecular flexibility index (Phi) is 4.94. The van der Waals surface area contributed by atoms with Gasteiger partial charge in [-0.3, -0.25) is 9.48 Å². The lowest BCUT2D eigenvalue weighted by Gasteiger charge is -2.22. The van der Waals surface area contributed by atoms with Crippen molar-refractivity contribution >= 4 is 5.91 Å². The van der Waals surface area contributed by atoms with Gasteiger partial charge in [0.15, 0.2) is 0 Å². The first kappa shape index (κ1) is 16.6. The summed E-state index contributed by atoms with van der Waals surface area (Å²) >= 11 is 0. The standard InChI is InChI=1S/C18H22FN3O2/c1-2-22-13(7-8-20-22)12-21(9-10-23)18(24)16-11-15(16)14-5-3-4-6-17(14)19/h3-8,15-16,23H,2,9-12H2,1H3. The first-order valence-electron chi connectivity index (χ1n) is 8.30. The van der Waals surface area contributed by atoms with Gasteiger partial charge in [-0.1, -0.05) is 18.2 Å². The Labute approximate surface area is 140 Å². The third-order valence-corrected chi connectivity index (χ3v) is 4.55. The van der Waals surface area contributed by atoms with E-state index >= 15 is 0 Å². The second-order valence-corrected chi connectivity index (χ2v) is 6.09. The molecular formula is C18H22FN3O2. The Hall–Kier alpha value is -2.21. The van der Waals surface area contributed by atoms with Crippen LogP contribution in [0.4, 0.5) is 4.39 Å². The number of aliphatic hydroxyl groups is 1. The van der Waals surface area contributed by atoms with Crippen molar-refractivity contribution in [2.24, 2.45) is 5.92 Å². The number of halogens is 1. The Morgan fingerprint density at radius 3 is 2.92 bits per heavy atom. The Morgan fingerprint density at radius 1 is 1.42 bits per heavy atom. The summed E-state index contributed by atoms with van der Waals surface area (Å²) in [4.78, 5) is 14.4. The summed E-state index contributed by atoms with van der Waals surface area (Å²) in [5, 5.41) is 13.5. The van der Waals surface area contributed by atoms with Crippen LogP contribution >= 0.6 is 0 Å². The molecule has 0 aliphatic heterocycles. The smallest absolute Gasteiger partial charge is 0.226 e. The van der Waals surface area contributed by atoms with E-state index in [-0.39, 0.29) is 36.7 Å². The molecule has 24 heavy (non-hydrogen) atoms. The summed E-state index contributed by atoms with van der Waals surface area (Å²) in [5.74, 6) is -0.542. The summed E-state index contributed by atoms with van der Waals surface area (Å²) in [6.45, 7) is 3.31. The molecule has 0 bridgehead atoms. The van der Waals surface area contributed by atoms with Crippen LogP contribution in [0.3, 0.4) is 0 Å². The number of rotatable bonds is 7. The van der Waals surface area contributed by atoms with E-state index in [4.69, 9.17) is 0 Å². The van der Waals surface area contributed by atoms with E-state index in [2.05, 4.69) is 5.10 Å². The molecule has 2 atom stereocenters. The van der Waals surface area contributed by atoms with E-state index in [1.165, 1.54) is 6.07 Å². The van der Waals surface area contributed by atoms with E-state index in [0.29, 0.717) is 18.5 Å². The van der Waals surface area contributed by atoms with Gasteiger partial charge in [-0.15, -0.1) is 0 Å². The average Bonchev–Trinajstić information content (AvgIpc) is 3.25. The van der Waals surface area contributed by atoms with Crippen molar-refractivity contribution in [1.82, 2.24) is 14.7 Å². The largest absolute Gasteiger partial charge is 0.395 e. The number of aryl methyl sites for hydroxylation is 1. The molecule has 5 nitrogen and oxygen atoms in total. The highest BCUT2D eigenvalue weighted by atomic mass is 19.1. The monoisotopic (exact) mass is 331 g/mol. The Morgan fingerprint density at radius 2 is 2.21 bits per heavy atom. The molecular weight excluding hydrogens is 309 g/mol. The Balaban J connectivity index is 1.71. The van der Waals surface area contributed by atoms with Gasteiger partial charge in [0.05, 0.1) is 18.8 Å². The molecule has 2 unspecified atom stereocenters. The van der Waals surface area contributed by atoms with E-state index in [0.717, 1.165) is 12.2 Å². The first-order chi connectivity index (χ1) is 11.7. The molecule has 0 radical (unpaired) electrons. The fourth-order valence-electron chi connectivity index (χ4n) is 3.18. The SMILES string of the molecule is CCn1nccc1CN(CCO)C(=O)C1CC1c1ccccc1F. The normalized spacial score (nSPS) is 19.3. The molecule has 1 N–H and O–H groups in total. The lowest BCUT2D eigenvalue weighted by molar-refractivity contribution is -0.133. The van der Waals surface area contributed by atoms with Crippen LogP contribution in [-0.2, 0) is 17.9 Å². The van der Waals surface area contributed by atoms with Gasteiger partial charge in [0.1, 0.15) is 5.82 Å². The van der Waals surface area contributed by atoms with Crippen LogP contribution in [0.1, 0.15) is 30.5 Å². The molecule has 6 heteroatoms. The van der Waals surface area contributed by atoms with Gasteiger partial charge in [0.25, 0.3) is 0 Å². The van der Waals surface area contributed by atoms with Crippen molar-refractivity contribution in [2.75, 3.05) is 13.2 Å². The molecule has 1 aliphatic carbocycles. The molecule has 0 saturated heterocycles. The molecule has 1 aromatic carbocycles. The maximum absolute atomic E-state index is 13.9. The van der Waals surface area contributed by atoms with Gasteiger partial charge < -0.3 is 10.0 Å². The summed E-state index contributed by atoms with van der Waals surface area (Å²) in [7, 11) is 0. The third kappa shape index (κ3) is 3.33. The van der Waals surface area contributed by atoms with Gasteiger partial charge >= 0.3 is 0 Å². The zero-order valence-electron chi connectivity index (χ0n) is 13.7. The van der Waals surface area contributed by atoms with Crippen LogP contribution in [0.5, 0.6) is 0 Å². The maximum atomic E-state index is 13.9. The van der Waals surface area contributed by atoms with Crippen molar-refractivity contribution in [1.29, 1.82) is 0 Å². The number of aliphatic hydroxyl groups excluding tert-OH is 1.